The van der Waals surface area contributed by atoms with Gasteiger partial charge >= 0.3 is 19.1 Å². The predicted octanol–water partition coefficient (Wildman–Crippen LogP) is 3.39. The first-order valence-corrected chi connectivity index (χ1v) is 12.0. The molecule has 3 aromatic rings. The van der Waals surface area contributed by atoms with Gasteiger partial charge in [-0.15, -0.1) is 0 Å². The molecule has 0 bridgehead atoms. The van der Waals surface area contributed by atoms with Crippen LogP contribution in [0.3, 0.4) is 0 Å². The largest absolute Gasteiger partial charge is 0.636 e. The SMILES string of the molecule is CC(CCc1ccccc1OCc1ccccc1)Oc1ccc(B2OC(=O)CN(C)CC(=O)O2)cc1. The van der Waals surface area contributed by atoms with E-state index in [1.54, 1.807) is 36.2 Å². The van der Waals surface area contributed by atoms with Gasteiger partial charge < -0.3 is 18.8 Å². The number of hydrogen-bond donors (Lipinski definition) is 0. The third-order valence-corrected chi connectivity index (χ3v) is 5.79. The number of aryl methyl sites for hydroxylation is 1. The zero-order chi connectivity index (χ0) is 25.3. The molecule has 0 aliphatic carbocycles. The van der Waals surface area contributed by atoms with E-state index in [4.69, 9.17) is 18.8 Å². The number of rotatable bonds is 9. The average molecular weight is 487 g/mol. The topological polar surface area (TPSA) is 74.3 Å². The maximum atomic E-state index is 12.0. The highest BCUT2D eigenvalue weighted by Gasteiger charge is 2.33. The molecular formula is C28H30BNO6. The molecule has 0 aromatic heterocycles. The molecule has 1 aliphatic rings. The van der Waals surface area contributed by atoms with Crippen molar-refractivity contribution in [3.63, 3.8) is 0 Å². The number of nitrogens with zero attached hydrogens (tertiary/aromatic N) is 1. The summed E-state index contributed by atoms with van der Waals surface area (Å²) in [5.74, 6) is 0.671. The van der Waals surface area contributed by atoms with E-state index < -0.39 is 19.1 Å². The second kappa shape index (κ2) is 12.3. The number of benzene rings is 3. The van der Waals surface area contributed by atoms with Crippen LogP contribution in [-0.2, 0) is 31.9 Å². The summed E-state index contributed by atoms with van der Waals surface area (Å²) in [5, 5.41) is 0. The van der Waals surface area contributed by atoms with Crippen molar-refractivity contribution >= 4 is 24.5 Å². The number of ether oxygens (including phenoxy) is 2. The minimum Gasteiger partial charge on any atom is -0.494 e. The van der Waals surface area contributed by atoms with E-state index in [0.717, 1.165) is 29.7 Å². The van der Waals surface area contributed by atoms with Gasteiger partial charge in [0.1, 0.15) is 18.1 Å². The normalized spacial score (nSPS) is 15.3. The van der Waals surface area contributed by atoms with Crippen LogP contribution in [0.4, 0.5) is 0 Å². The van der Waals surface area contributed by atoms with Crippen LogP contribution in [0.25, 0.3) is 0 Å². The maximum Gasteiger partial charge on any atom is 0.636 e. The molecule has 0 radical (unpaired) electrons. The van der Waals surface area contributed by atoms with Crippen LogP contribution in [-0.4, -0.2) is 50.2 Å². The van der Waals surface area contributed by atoms with Gasteiger partial charge in [0.05, 0.1) is 19.2 Å². The lowest BCUT2D eigenvalue weighted by Gasteiger charge is -2.22. The Bertz CT molecular complexity index is 1130. The standard InChI is InChI=1S/C28H30BNO6/c1-21(12-13-23-10-6-7-11-26(23)33-20-22-8-4-3-5-9-22)34-25-16-14-24(15-17-25)29-35-27(31)18-30(2)19-28(32)36-29/h3-11,14-17,21H,12-13,18-20H2,1-2H3. The maximum absolute atomic E-state index is 12.0. The lowest BCUT2D eigenvalue weighted by Crippen LogP contribution is -2.47. The lowest BCUT2D eigenvalue weighted by molar-refractivity contribution is -0.145. The van der Waals surface area contributed by atoms with Crippen molar-refractivity contribution in [2.75, 3.05) is 20.1 Å². The molecule has 0 saturated carbocycles. The molecule has 0 amide bonds. The summed E-state index contributed by atoms with van der Waals surface area (Å²) in [6.45, 7) is 2.62. The smallest absolute Gasteiger partial charge is 0.494 e. The van der Waals surface area contributed by atoms with Crippen LogP contribution in [0.5, 0.6) is 11.5 Å². The molecule has 3 aromatic carbocycles. The van der Waals surface area contributed by atoms with Gasteiger partial charge in [0.15, 0.2) is 0 Å². The molecule has 1 fully saturated rings. The van der Waals surface area contributed by atoms with E-state index in [-0.39, 0.29) is 19.2 Å². The van der Waals surface area contributed by atoms with E-state index >= 15 is 0 Å². The number of hydrogen-bond acceptors (Lipinski definition) is 7. The summed E-state index contributed by atoms with van der Waals surface area (Å²) < 4.78 is 22.8. The summed E-state index contributed by atoms with van der Waals surface area (Å²) in [7, 11) is 0.601. The van der Waals surface area contributed by atoms with Gasteiger partial charge in [-0.25, -0.2) is 0 Å². The molecule has 1 atom stereocenters. The Morgan fingerprint density at radius 2 is 1.53 bits per heavy atom. The summed E-state index contributed by atoms with van der Waals surface area (Å²) >= 11 is 0. The van der Waals surface area contributed by atoms with Crippen molar-refractivity contribution in [2.24, 2.45) is 0 Å². The van der Waals surface area contributed by atoms with E-state index in [9.17, 15) is 9.59 Å². The predicted molar refractivity (Wildman–Crippen MR) is 137 cm³/mol. The summed E-state index contributed by atoms with van der Waals surface area (Å²) in [6.07, 6.45) is 1.58. The van der Waals surface area contributed by atoms with Gasteiger partial charge in [0.25, 0.3) is 0 Å². The molecule has 8 heteroatoms. The van der Waals surface area contributed by atoms with Crippen LogP contribution in [0.15, 0.2) is 78.9 Å². The van der Waals surface area contributed by atoms with E-state index in [1.807, 2.05) is 55.5 Å². The zero-order valence-electron chi connectivity index (χ0n) is 20.6. The average Bonchev–Trinajstić information content (AvgIpc) is 2.86. The van der Waals surface area contributed by atoms with Crippen molar-refractivity contribution in [2.45, 2.75) is 32.5 Å². The fourth-order valence-electron chi connectivity index (χ4n) is 3.91. The van der Waals surface area contributed by atoms with Gasteiger partial charge in [-0.05, 0) is 56.1 Å². The Labute approximate surface area is 212 Å². The Morgan fingerprint density at radius 3 is 2.22 bits per heavy atom. The highest BCUT2D eigenvalue weighted by Crippen LogP contribution is 2.22. The van der Waals surface area contributed by atoms with Crippen LogP contribution in [0.1, 0.15) is 24.5 Å². The first-order chi connectivity index (χ1) is 17.5. The third-order valence-electron chi connectivity index (χ3n) is 5.79. The molecule has 7 nitrogen and oxygen atoms in total. The second-order valence-corrected chi connectivity index (χ2v) is 8.90. The first kappa shape index (κ1) is 25.3. The van der Waals surface area contributed by atoms with Gasteiger partial charge in [-0.1, -0.05) is 60.7 Å². The Balaban J connectivity index is 1.30. The van der Waals surface area contributed by atoms with Gasteiger partial charge in [-0.2, -0.15) is 0 Å². The fraction of sp³-hybridized carbons (Fsp3) is 0.286. The number of carbonyl (C=O) groups is 2. The Kier molecular flexibility index (Phi) is 8.63. The molecule has 1 aliphatic heterocycles. The van der Waals surface area contributed by atoms with E-state index in [2.05, 4.69) is 6.07 Å². The number of para-hydroxylation sites is 1. The molecule has 4 rings (SSSR count). The van der Waals surface area contributed by atoms with Gasteiger partial charge in [-0.3, -0.25) is 14.5 Å². The molecule has 0 spiro atoms. The molecule has 36 heavy (non-hydrogen) atoms. The summed E-state index contributed by atoms with van der Waals surface area (Å²) in [4.78, 5) is 25.5. The molecule has 186 valence electrons. The monoisotopic (exact) mass is 487 g/mol. The Hall–Kier alpha value is -3.78. The highest BCUT2D eigenvalue weighted by molar-refractivity contribution is 6.64. The zero-order valence-corrected chi connectivity index (χ0v) is 20.6. The molecule has 1 heterocycles. The number of likely N-dealkylation sites (N-methyl/N-ethyl adjacent to an activating group) is 1. The van der Waals surface area contributed by atoms with Crippen molar-refractivity contribution in [3.05, 3.63) is 90.0 Å². The first-order valence-electron chi connectivity index (χ1n) is 12.0. The van der Waals surface area contributed by atoms with Crippen molar-refractivity contribution < 1.29 is 28.4 Å². The molecule has 1 saturated heterocycles. The lowest BCUT2D eigenvalue weighted by atomic mass is 9.78. The Morgan fingerprint density at radius 1 is 0.889 bits per heavy atom. The molecular weight excluding hydrogens is 457 g/mol. The highest BCUT2D eigenvalue weighted by atomic mass is 16.6. The van der Waals surface area contributed by atoms with Crippen LogP contribution in [0.2, 0.25) is 0 Å². The summed E-state index contributed by atoms with van der Waals surface area (Å²) in [6, 6.07) is 25.2. The van der Waals surface area contributed by atoms with Crippen LogP contribution >= 0.6 is 0 Å². The van der Waals surface area contributed by atoms with E-state index in [0.29, 0.717) is 17.8 Å². The van der Waals surface area contributed by atoms with Gasteiger partial charge in [0, 0.05) is 5.46 Å². The second-order valence-electron chi connectivity index (χ2n) is 8.90. The van der Waals surface area contributed by atoms with Crippen LogP contribution in [0, 0.1) is 0 Å². The molecule has 0 N–H and O–H groups in total. The van der Waals surface area contributed by atoms with Crippen LogP contribution < -0.4 is 14.9 Å². The van der Waals surface area contributed by atoms with Gasteiger partial charge in [0.2, 0.25) is 0 Å². The van der Waals surface area contributed by atoms with Crippen molar-refractivity contribution in [3.8, 4) is 11.5 Å². The number of carbonyl (C=O) groups excluding carboxylic acids is 2. The molecule has 1 unspecified atom stereocenters. The third kappa shape index (κ3) is 7.36. The quantitative estimate of drug-likeness (QED) is 0.429. The minimum absolute atomic E-state index is 0.0325. The fourth-order valence-corrected chi connectivity index (χ4v) is 3.91. The van der Waals surface area contributed by atoms with E-state index in [1.165, 1.54) is 0 Å². The summed E-state index contributed by atoms with van der Waals surface area (Å²) in [5.41, 5.74) is 2.84. The van der Waals surface area contributed by atoms with Crippen molar-refractivity contribution in [1.82, 2.24) is 4.90 Å². The van der Waals surface area contributed by atoms with Crippen molar-refractivity contribution in [1.29, 1.82) is 0 Å². The minimum atomic E-state index is -1.06.